The first-order valence-corrected chi connectivity index (χ1v) is 5.93. The molecular formula is C12H25N. The molecule has 0 spiro atoms. The highest BCUT2D eigenvalue weighted by molar-refractivity contribution is 4.98. The molecule has 78 valence electrons. The summed E-state index contributed by atoms with van der Waals surface area (Å²) in [6.45, 7) is 9.30. The quantitative estimate of drug-likeness (QED) is 0.628. The monoisotopic (exact) mass is 183 g/mol. The molecule has 0 aromatic heterocycles. The van der Waals surface area contributed by atoms with Gasteiger partial charge in [-0.15, -0.1) is 0 Å². The summed E-state index contributed by atoms with van der Waals surface area (Å²) in [5.74, 6) is 1.80. The standard InChI is InChI=1S/C12H25N/c1-5-9(3)7-11-12(13-11)8-10(4)6-2/h9-13H,5-8H2,1-4H3. The molecule has 1 heterocycles. The van der Waals surface area contributed by atoms with Crippen molar-refractivity contribution >= 4 is 0 Å². The van der Waals surface area contributed by atoms with E-state index in [1.54, 1.807) is 0 Å². The molecule has 1 aliphatic rings. The zero-order valence-corrected chi connectivity index (χ0v) is 9.64. The Labute approximate surface area is 83.3 Å². The summed E-state index contributed by atoms with van der Waals surface area (Å²) in [6.07, 6.45) is 5.43. The fourth-order valence-electron chi connectivity index (χ4n) is 1.88. The maximum atomic E-state index is 3.60. The molecule has 0 radical (unpaired) electrons. The molecule has 13 heavy (non-hydrogen) atoms. The molecule has 1 aliphatic heterocycles. The summed E-state index contributed by atoms with van der Waals surface area (Å²) in [7, 11) is 0. The van der Waals surface area contributed by atoms with Gasteiger partial charge in [-0.05, 0) is 24.7 Å². The second-order valence-corrected chi connectivity index (χ2v) is 4.88. The molecule has 1 nitrogen and oxygen atoms in total. The first kappa shape index (κ1) is 11.0. The zero-order chi connectivity index (χ0) is 9.84. The van der Waals surface area contributed by atoms with Crippen molar-refractivity contribution in [3.8, 4) is 0 Å². The van der Waals surface area contributed by atoms with Crippen LogP contribution in [0.1, 0.15) is 53.4 Å². The van der Waals surface area contributed by atoms with Gasteiger partial charge in [0.15, 0.2) is 0 Å². The van der Waals surface area contributed by atoms with Crippen LogP contribution in [-0.4, -0.2) is 12.1 Å². The van der Waals surface area contributed by atoms with E-state index in [0.717, 1.165) is 23.9 Å². The smallest absolute Gasteiger partial charge is 0.0227 e. The van der Waals surface area contributed by atoms with E-state index in [0.29, 0.717) is 0 Å². The van der Waals surface area contributed by atoms with Gasteiger partial charge >= 0.3 is 0 Å². The molecule has 1 heteroatoms. The van der Waals surface area contributed by atoms with Gasteiger partial charge in [0.25, 0.3) is 0 Å². The van der Waals surface area contributed by atoms with Crippen LogP contribution in [0.2, 0.25) is 0 Å². The van der Waals surface area contributed by atoms with Crippen LogP contribution in [0.5, 0.6) is 0 Å². The number of nitrogens with one attached hydrogen (secondary N) is 1. The molecule has 1 N–H and O–H groups in total. The Morgan fingerprint density at radius 3 is 1.62 bits per heavy atom. The third-order valence-corrected chi connectivity index (χ3v) is 3.51. The average molecular weight is 183 g/mol. The number of rotatable bonds is 6. The summed E-state index contributed by atoms with van der Waals surface area (Å²) in [6, 6.07) is 1.70. The van der Waals surface area contributed by atoms with E-state index in [4.69, 9.17) is 0 Å². The van der Waals surface area contributed by atoms with Crippen LogP contribution >= 0.6 is 0 Å². The number of hydrogen-bond acceptors (Lipinski definition) is 1. The molecule has 0 bridgehead atoms. The lowest BCUT2D eigenvalue weighted by Crippen LogP contribution is -2.04. The molecule has 0 amide bonds. The second-order valence-electron chi connectivity index (χ2n) is 4.88. The predicted octanol–water partition coefficient (Wildman–Crippen LogP) is 3.20. The van der Waals surface area contributed by atoms with Crippen molar-refractivity contribution in [3.63, 3.8) is 0 Å². The Morgan fingerprint density at radius 2 is 1.31 bits per heavy atom. The minimum absolute atomic E-state index is 0.851. The van der Waals surface area contributed by atoms with Crippen molar-refractivity contribution in [3.05, 3.63) is 0 Å². The Bertz CT molecular complexity index is 128. The second kappa shape index (κ2) is 4.99. The number of hydrogen-bond donors (Lipinski definition) is 1. The van der Waals surface area contributed by atoms with Gasteiger partial charge in [-0.25, -0.2) is 0 Å². The maximum absolute atomic E-state index is 3.60. The van der Waals surface area contributed by atoms with Crippen LogP contribution in [-0.2, 0) is 0 Å². The Hall–Kier alpha value is -0.0400. The fraction of sp³-hybridized carbons (Fsp3) is 1.00. The molecule has 4 unspecified atom stereocenters. The van der Waals surface area contributed by atoms with Crippen LogP contribution in [0.3, 0.4) is 0 Å². The van der Waals surface area contributed by atoms with E-state index in [9.17, 15) is 0 Å². The highest BCUT2D eigenvalue weighted by atomic mass is 15.1. The molecule has 1 saturated heterocycles. The lowest BCUT2D eigenvalue weighted by Gasteiger charge is -2.08. The lowest BCUT2D eigenvalue weighted by molar-refractivity contribution is 0.477. The maximum Gasteiger partial charge on any atom is 0.0227 e. The van der Waals surface area contributed by atoms with Gasteiger partial charge in [0.1, 0.15) is 0 Å². The summed E-state index contributed by atoms with van der Waals surface area (Å²) in [5.41, 5.74) is 0. The van der Waals surface area contributed by atoms with Crippen LogP contribution in [0, 0.1) is 11.8 Å². The van der Waals surface area contributed by atoms with Crippen LogP contribution in [0.4, 0.5) is 0 Å². The molecule has 4 atom stereocenters. The zero-order valence-electron chi connectivity index (χ0n) is 9.64. The van der Waals surface area contributed by atoms with Crippen molar-refractivity contribution in [2.45, 2.75) is 65.5 Å². The topological polar surface area (TPSA) is 21.9 Å². The molecule has 0 aliphatic carbocycles. The van der Waals surface area contributed by atoms with Crippen molar-refractivity contribution in [2.75, 3.05) is 0 Å². The van der Waals surface area contributed by atoms with Gasteiger partial charge in [-0.3, -0.25) is 0 Å². The predicted molar refractivity (Wildman–Crippen MR) is 58.9 cm³/mol. The summed E-state index contributed by atoms with van der Waals surface area (Å²) in [5, 5.41) is 3.60. The van der Waals surface area contributed by atoms with Crippen LogP contribution in [0.25, 0.3) is 0 Å². The molecule has 0 aromatic rings. The van der Waals surface area contributed by atoms with E-state index in [-0.39, 0.29) is 0 Å². The third kappa shape index (κ3) is 3.68. The van der Waals surface area contributed by atoms with E-state index in [1.165, 1.54) is 25.7 Å². The molecule has 1 fully saturated rings. The van der Waals surface area contributed by atoms with Gasteiger partial charge in [-0.1, -0.05) is 40.5 Å². The van der Waals surface area contributed by atoms with E-state index in [1.807, 2.05) is 0 Å². The van der Waals surface area contributed by atoms with E-state index >= 15 is 0 Å². The molecular weight excluding hydrogens is 158 g/mol. The minimum Gasteiger partial charge on any atom is -0.308 e. The van der Waals surface area contributed by atoms with Crippen molar-refractivity contribution in [1.82, 2.24) is 5.32 Å². The average Bonchev–Trinajstić information content (AvgIpc) is 2.83. The van der Waals surface area contributed by atoms with Crippen molar-refractivity contribution in [2.24, 2.45) is 11.8 Å². The van der Waals surface area contributed by atoms with Crippen LogP contribution in [0.15, 0.2) is 0 Å². The Kier molecular flexibility index (Phi) is 4.24. The SMILES string of the molecule is CCC(C)CC1NC1CC(C)CC. The summed E-state index contributed by atoms with van der Waals surface area (Å²) in [4.78, 5) is 0. The highest BCUT2D eigenvalue weighted by Gasteiger charge is 2.36. The van der Waals surface area contributed by atoms with Gasteiger partial charge in [0.05, 0.1) is 0 Å². The molecule has 0 saturated carbocycles. The lowest BCUT2D eigenvalue weighted by atomic mass is 9.97. The first-order chi connectivity index (χ1) is 6.17. The van der Waals surface area contributed by atoms with Gasteiger partial charge in [0, 0.05) is 12.1 Å². The van der Waals surface area contributed by atoms with E-state index in [2.05, 4.69) is 33.0 Å². The van der Waals surface area contributed by atoms with E-state index < -0.39 is 0 Å². The molecule has 1 rings (SSSR count). The summed E-state index contributed by atoms with van der Waals surface area (Å²) >= 11 is 0. The third-order valence-electron chi connectivity index (χ3n) is 3.51. The van der Waals surface area contributed by atoms with Gasteiger partial charge in [0.2, 0.25) is 0 Å². The van der Waals surface area contributed by atoms with Crippen molar-refractivity contribution in [1.29, 1.82) is 0 Å². The largest absolute Gasteiger partial charge is 0.308 e. The van der Waals surface area contributed by atoms with Gasteiger partial charge in [-0.2, -0.15) is 0 Å². The fourth-order valence-corrected chi connectivity index (χ4v) is 1.88. The Balaban J connectivity index is 2.08. The van der Waals surface area contributed by atoms with Crippen LogP contribution < -0.4 is 5.32 Å². The summed E-state index contributed by atoms with van der Waals surface area (Å²) < 4.78 is 0. The van der Waals surface area contributed by atoms with Crippen molar-refractivity contribution < 1.29 is 0 Å². The Morgan fingerprint density at radius 1 is 0.923 bits per heavy atom. The van der Waals surface area contributed by atoms with Gasteiger partial charge < -0.3 is 5.32 Å². The molecule has 0 aromatic carbocycles. The first-order valence-electron chi connectivity index (χ1n) is 5.93. The highest BCUT2D eigenvalue weighted by Crippen LogP contribution is 2.27. The normalized spacial score (nSPS) is 31.4. The minimum atomic E-state index is 0.851.